The number of hydrogen-bond donors (Lipinski definition) is 0. The molecule has 1 nitrogen and oxygen atoms in total. The Balaban J connectivity index is 1.45. The fraction of sp³-hybridized carbons (Fsp3) is 0.933. The van der Waals surface area contributed by atoms with Gasteiger partial charge in [0.05, 0.1) is 11.7 Å². The predicted molar refractivity (Wildman–Crippen MR) is 131 cm³/mol. The van der Waals surface area contributed by atoms with Crippen molar-refractivity contribution in [1.82, 2.24) is 0 Å². The summed E-state index contributed by atoms with van der Waals surface area (Å²) in [6.07, 6.45) is 18.2. The lowest BCUT2D eigenvalue weighted by Gasteiger charge is -2.71. The van der Waals surface area contributed by atoms with E-state index in [2.05, 4.69) is 61.5 Å². The second kappa shape index (κ2) is 6.64. The zero-order chi connectivity index (χ0) is 22.5. The fourth-order valence-corrected chi connectivity index (χ4v) is 10.6. The van der Waals surface area contributed by atoms with Crippen molar-refractivity contribution in [2.24, 2.45) is 38.9 Å². The quantitative estimate of drug-likeness (QED) is 0.410. The first-order chi connectivity index (χ1) is 14.3. The van der Waals surface area contributed by atoms with Crippen LogP contribution in [0.2, 0.25) is 0 Å². The van der Waals surface area contributed by atoms with Crippen molar-refractivity contribution in [2.75, 3.05) is 0 Å². The minimum absolute atomic E-state index is 0.179. The Morgan fingerprint density at radius 1 is 0.806 bits per heavy atom. The van der Waals surface area contributed by atoms with Crippen LogP contribution in [0.4, 0.5) is 0 Å². The first kappa shape index (κ1) is 22.5. The lowest BCUT2D eigenvalue weighted by atomic mass is 9.33. The molecule has 5 rings (SSSR count). The first-order valence-electron chi connectivity index (χ1n) is 13.6. The molecule has 0 amide bonds. The van der Waals surface area contributed by atoms with Gasteiger partial charge in [-0.15, -0.1) is 0 Å². The molecule has 0 N–H and O–H groups in total. The lowest BCUT2D eigenvalue weighted by molar-refractivity contribution is -0.249. The van der Waals surface area contributed by atoms with Crippen LogP contribution in [-0.2, 0) is 4.74 Å². The molecule has 0 unspecified atom stereocenters. The molecule has 2 saturated heterocycles. The van der Waals surface area contributed by atoms with Crippen LogP contribution in [0.5, 0.6) is 0 Å². The van der Waals surface area contributed by atoms with Crippen molar-refractivity contribution in [3.63, 3.8) is 0 Å². The van der Waals surface area contributed by atoms with Crippen LogP contribution in [0, 0.1) is 38.9 Å². The maximum atomic E-state index is 7.12. The zero-order valence-electron chi connectivity index (χ0n) is 22.0. The molecule has 0 aromatic rings. The number of fused-ring (bicyclic) bond motifs is 4. The molecule has 5 aliphatic rings. The topological polar surface area (TPSA) is 9.23 Å². The summed E-state index contributed by atoms with van der Waals surface area (Å²) in [5, 5.41) is 0. The second-order valence-electron chi connectivity index (χ2n) is 14.7. The molecular weight excluding hydrogens is 376 g/mol. The summed E-state index contributed by atoms with van der Waals surface area (Å²) < 4.78 is 7.12. The van der Waals surface area contributed by atoms with Gasteiger partial charge in [0.1, 0.15) is 0 Å². The minimum Gasteiger partial charge on any atom is -0.370 e. The van der Waals surface area contributed by atoms with Gasteiger partial charge in [0, 0.05) is 5.41 Å². The SMILES string of the molecule is CC(C)=CCC[C@]1(C)CC[C@]2(C)[C@@H]3CC[C@H]4C(C)(C)[C@@H]5CC[C@]4(O5)[C@]3(C)CC[C@@]2(C)C1. The van der Waals surface area contributed by atoms with Gasteiger partial charge < -0.3 is 4.74 Å². The lowest BCUT2D eigenvalue weighted by Crippen LogP contribution is -2.67. The van der Waals surface area contributed by atoms with Crippen LogP contribution in [0.25, 0.3) is 0 Å². The highest BCUT2D eigenvalue weighted by Crippen LogP contribution is 2.78. The maximum Gasteiger partial charge on any atom is 0.0777 e. The van der Waals surface area contributed by atoms with Gasteiger partial charge in [-0.3, -0.25) is 0 Å². The Hall–Kier alpha value is -0.300. The Labute approximate surface area is 193 Å². The standard InChI is InChI=1S/C30H50O/c1-21(2)10-9-14-26(5)16-18-28(7)23-12-11-22-25(3,4)24-13-15-30(22,31-24)29(23,8)19-17-27(28,6)20-26/h10,22-24H,9,11-20H2,1-8H3/t22-,23-,24-,26+,27-,28+,29+,30+/m0/s1. The highest BCUT2D eigenvalue weighted by Gasteiger charge is 2.76. The average Bonchev–Trinajstić information content (AvgIpc) is 3.20. The summed E-state index contributed by atoms with van der Waals surface area (Å²) in [5.41, 5.74) is 3.90. The summed E-state index contributed by atoms with van der Waals surface area (Å²) >= 11 is 0. The molecule has 8 atom stereocenters. The summed E-state index contributed by atoms with van der Waals surface area (Å²) in [4.78, 5) is 0. The van der Waals surface area contributed by atoms with Crippen LogP contribution in [-0.4, -0.2) is 11.7 Å². The van der Waals surface area contributed by atoms with E-state index >= 15 is 0 Å². The number of allylic oxidation sites excluding steroid dienone is 2. The van der Waals surface area contributed by atoms with Crippen molar-refractivity contribution in [3.8, 4) is 0 Å². The molecule has 2 heterocycles. The van der Waals surface area contributed by atoms with E-state index in [9.17, 15) is 0 Å². The summed E-state index contributed by atoms with van der Waals surface area (Å²) in [5.74, 6) is 1.62. The molecule has 0 aromatic carbocycles. The number of ether oxygens (including phenoxy) is 1. The molecule has 1 heteroatoms. The third-order valence-electron chi connectivity index (χ3n) is 12.6. The Bertz CT molecular complexity index is 775. The van der Waals surface area contributed by atoms with Crippen LogP contribution in [0.3, 0.4) is 0 Å². The molecule has 5 fully saturated rings. The smallest absolute Gasteiger partial charge is 0.0777 e. The van der Waals surface area contributed by atoms with Crippen LogP contribution in [0.1, 0.15) is 126 Å². The van der Waals surface area contributed by atoms with Gasteiger partial charge >= 0.3 is 0 Å². The van der Waals surface area contributed by atoms with Gasteiger partial charge in [-0.25, -0.2) is 0 Å². The summed E-state index contributed by atoms with van der Waals surface area (Å²) in [7, 11) is 0. The van der Waals surface area contributed by atoms with E-state index in [4.69, 9.17) is 4.74 Å². The van der Waals surface area contributed by atoms with E-state index in [0.717, 1.165) is 11.8 Å². The molecule has 31 heavy (non-hydrogen) atoms. The van der Waals surface area contributed by atoms with Gasteiger partial charge in [-0.05, 0) is 118 Å². The van der Waals surface area contributed by atoms with Crippen molar-refractivity contribution in [2.45, 2.75) is 138 Å². The molecule has 2 aliphatic heterocycles. The van der Waals surface area contributed by atoms with E-state index in [1.165, 1.54) is 76.2 Å². The monoisotopic (exact) mass is 426 g/mol. The molecule has 0 aromatic heterocycles. The highest BCUT2D eigenvalue weighted by atomic mass is 16.5. The van der Waals surface area contributed by atoms with Gasteiger partial charge in [0.2, 0.25) is 0 Å². The van der Waals surface area contributed by atoms with Gasteiger partial charge in [0.25, 0.3) is 0 Å². The zero-order valence-corrected chi connectivity index (χ0v) is 22.0. The third kappa shape index (κ3) is 2.77. The molecular formula is C30H50O. The average molecular weight is 427 g/mol. The highest BCUT2D eigenvalue weighted by molar-refractivity contribution is 5.24. The van der Waals surface area contributed by atoms with Gasteiger partial charge in [-0.2, -0.15) is 0 Å². The van der Waals surface area contributed by atoms with E-state index in [1.54, 1.807) is 0 Å². The van der Waals surface area contributed by atoms with Crippen LogP contribution < -0.4 is 0 Å². The van der Waals surface area contributed by atoms with Crippen LogP contribution in [0.15, 0.2) is 11.6 Å². The molecule has 0 radical (unpaired) electrons. The van der Waals surface area contributed by atoms with Crippen molar-refractivity contribution in [3.05, 3.63) is 11.6 Å². The van der Waals surface area contributed by atoms with Crippen molar-refractivity contribution >= 4 is 0 Å². The van der Waals surface area contributed by atoms with E-state index in [-0.39, 0.29) is 5.60 Å². The number of hydrogen-bond acceptors (Lipinski definition) is 1. The molecule has 1 spiro atoms. The first-order valence-corrected chi connectivity index (χ1v) is 13.6. The van der Waals surface area contributed by atoms with Crippen molar-refractivity contribution < 1.29 is 4.74 Å². The van der Waals surface area contributed by atoms with Gasteiger partial charge in [-0.1, -0.05) is 53.2 Å². The normalized spacial score (nSPS) is 54.6. The Kier molecular flexibility index (Phi) is 4.82. The summed E-state index contributed by atoms with van der Waals surface area (Å²) in [6, 6.07) is 0. The van der Waals surface area contributed by atoms with Crippen LogP contribution >= 0.6 is 0 Å². The summed E-state index contributed by atoms with van der Waals surface area (Å²) in [6.45, 7) is 20.3. The number of rotatable bonds is 3. The fourth-order valence-electron chi connectivity index (χ4n) is 10.6. The van der Waals surface area contributed by atoms with E-state index in [0.29, 0.717) is 33.2 Å². The predicted octanol–water partition coefficient (Wildman–Crippen LogP) is 8.72. The van der Waals surface area contributed by atoms with E-state index in [1.807, 2.05) is 0 Å². The second-order valence-corrected chi connectivity index (χ2v) is 14.7. The Morgan fingerprint density at radius 2 is 1.48 bits per heavy atom. The maximum absolute atomic E-state index is 7.12. The largest absolute Gasteiger partial charge is 0.370 e. The molecule has 3 saturated carbocycles. The molecule has 2 bridgehead atoms. The minimum atomic E-state index is 0.179. The van der Waals surface area contributed by atoms with Crippen molar-refractivity contribution in [1.29, 1.82) is 0 Å². The van der Waals surface area contributed by atoms with Gasteiger partial charge in [0.15, 0.2) is 0 Å². The molecule has 176 valence electrons. The van der Waals surface area contributed by atoms with E-state index < -0.39 is 0 Å². The molecule has 3 aliphatic carbocycles. The Morgan fingerprint density at radius 3 is 2.19 bits per heavy atom. The third-order valence-corrected chi connectivity index (χ3v) is 12.6.